The number of hydrogen-bond donors (Lipinski definition) is 1. The summed E-state index contributed by atoms with van der Waals surface area (Å²) in [4.78, 5) is 9.22. The second-order valence-electron chi connectivity index (χ2n) is 6.39. The van der Waals surface area contributed by atoms with E-state index in [2.05, 4.69) is 50.4 Å². The minimum Gasteiger partial charge on any atom is -0.364 e. The third kappa shape index (κ3) is 2.55. The molecule has 1 aliphatic rings. The predicted octanol–water partition coefficient (Wildman–Crippen LogP) is 3.02. The largest absolute Gasteiger partial charge is 0.364 e. The Morgan fingerprint density at radius 1 is 1.08 bits per heavy atom. The van der Waals surface area contributed by atoms with Gasteiger partial charge < -0.3 is 9.88 Å². The summed E-state index contributed by atoms with van der Waals surface area (Å²) in [6, 6.07) is 14.7. The summed E-state index contributed by atoms with van der Waals surface area (Å²) in [6.45, 7) is 0.895. The van der Waals surface area contributed by atoms with Crippen LogP contribution in [0.3, 0.4) is 0 Å². The standard InChI is InChI=1S/C19H18N6/c1-2-5-14(6-3-1)16-12-24-11-15(8-9-18(24)23-16)22-19-17-7-4-10-25(17)21-13-20-19/h1-7,10,12-13,15H,8-9,11H2,(H,20,21,22). The molecule has 0 saturated carbocycles. The first kappa shape index (κ1) is 14.2. The van der Waals surface area contributed by atoms with Crippen LogP contribution in [0.1, 0.15) is 12.2 Å². The summed E-state index contributed by atoms with van der Waals surface area (Å²) < 4.78 is 4.11. The van der Waals surface area contributed by atoms with Crippen LogP contribution in [0, 0.1) is 0 Å². The number of fused-ring (bicyclic) bond motifs is 2. The van der Waals surface area contributed by atoms with E-state index in [-0.39, 0.29) is 0 Å². The monoisotopic (exact) mass is 330 g/mol. The van der Waals surface area contributed by atoms with E-state index >= 15 is 0 Å². The second kappa shape index (κ2) is 5.73. The zero-order chi connectivity index (χ0) is 16.6. The number of anilines is 1. The third-order valence-corrected chi connectivity index (χ3v) is 4.74. The molecule has 0 fully saturated rings. The Hall–Kier alpha value is -3.15. The highest BCUT2D eigenvalue weighted by Crippen LogP contribution is 2.24. The molecule has 0 radical (unpaired) electrons. The van der Waals surface area contributed by atoms with Gasteiger partial charge in [0.15, 0.2) is 5.82 Å². The van der Waals surface area contributed by atoms with Crippen LogP contribution >= 0.6 is 0 Å². The first-order valence-electron chi connectivity index (χ1n) is 8.53. The van der Waals surface area contributed by atoms with Gasteiger partial charge in [-0.2, -0.15) is 5.10 Å². The van der Waals surface area contributed by atoms with Crippen molar-refractivity contribution in [3.8, 4) is 11.3 Å². The summed E-state index contributed by atoms with van der Waals surface area (Å²) in [5.74, 6) is 2.05. The maximum absolute atomic E-state index is 4.81. The Morgan fingerprint density at radius 2 is 2.00 bits per heavy atom. The number of benzene rings is 1. The molecule has 0 amide bonds. The maximum atomic E-state index is 4.81. The highest BCUT2D eigenvalue weighted by atomic mass is 15.3. The molecular formula is C19H18N6. The second-order valence-corrected chi connectivity index (χ2v) is 6.39. The highest BCUT2D eigenvalue weighted by Gasteiger charge is 2.21. The van der Waals surface area contributed by atoms with Gasteiger partial charge in [-0.3, -0.25) is 0 Å². The van der Waals surface area contributed by atoms with Gasteiger partial charge in [-0.25, -0.2) is 14.5 Å². The fraction of sp³-hybridized carbons (Fsp3) is 0.211. The minimum absolute atomic E-state index is 0.332. The molecule has 6 heteroatoms. The van der Waals surface area contributed by atoms with E-state index in [0.717, 1.165) is 42.2 Å². The van der Waals surface area contributed by atoms with Crippen LogP contribution in [0.4, 0.5) is 5.82 Å². The lowest BCUT2D eigenvalue weighted by Gasteiger charge is -2.25. The molecule has 1 atom stereocenters. The molecule has 25 heavy (non-hydrogen) atoms. The highest BCUT2D eigenvalue weighted by molar-refractivity contribution is 5.67. The first-order valence-corrected chi connectivity index (χ1v) is 8.53. The maximum Gasteiger partial charge on any atom is 0.154 e. The number of aromatic nitrogens is 5. The lowest BCUT2D eigenvalue weighted by molar-refractivity contribution is 0.475. The molecule has 0 spiro atoms. The summed E-state index contributed by atoms with van der Waals surface area (Å²) in [5.41, 5.74) is 3.22. The molecule has 4 aromatic rings. The van der Waals surface area contributed by atoms with Crippen LogP contribution in [-0.2, 0) is 13.0 Å². The van der Waals surface area contributed by atoms with Crippen molar-refractivity contribution < 1.29 is 0 Å². The molecule has 124 valence electrons. The number of hydrogen-bond acceptors (Lipinski definition) is 4. The molecule has 1 aromatic carbocycles. The molecule has 5 rings (SSSR count). The van der Waals surface area contributed by atoms with Gasteiger partial charge in [-0.05, 0) is 18.6 Å². The Morgan fingerprint density at radius 3 is 2.92 bits per heavy atom. The number of imidazole rings is 1. The van der Waals surface area contributed by atoms with Gasteiger partial charge in [0.25, 0.3) is 0 Å². The average molecular weight is 330 g/mol. The van der Waals surface area contributed by atoms with Crippen LogP contribution in [0.15, 0.2) is 61.2 Å². The van der Waals surface area contributed by atoms with E-state index in [9.17, 15) is 0 Å². The summed E-state index contributed by atoms with van der Waals surface area (Å²) in [6.07, 6.45) is 7.69. The smallest absolute Gasteiger partial charge is 0.154 e. The molecule has 6 nitrogen and oxygen atoms in total. The Balaban J connectivity index is 1.39. The van der Waals surface area contributed by atoms with Gasteiger partial charge >= 0.3 is 0 Å². The molecular weight excluding hydrogens is 312 g/mol. The SMILES string of the molecule is c1ccc(-c2cn3c(n2)CCC(Nc2ncnn4cccc24)C3)cc1. The van der Waals surface area contributed by atoms with Gasteiger partial charge in [-0.1, -0.05) is 30.3 Å². The van der Waals surface area contributed by atoms with Crippen LogP contribution < -0.4 is 5.32 Å². The van der Waals surface area contributed by atoms with Gasteiger partial charge in [0.05, 0.1) is 5.69 Å². The predicted molar refractivity (Wildman–Crippen MR) is 96.4 cm³/mol. The molecule has 4 heterocycles. The van der Waals surface area contributed by atoms with E-state index in [4.69, 9.17) is 4.98 Å². The number of rotatable bonds is 3. The molecule has 1 N–H and O–H groups in total. The summed E-state index contributed by atoms with van der Waals surface area (Å²) in [7, 11) is 0. The van der Waals surface area contributed by atoms with Crippen molar-refractivity contribution in [1.82, 2.24) is 24.1 Å². The zero-order valence-electron chi connectivity index (χ0n) is 13.7. The van der Waals surface area contributed by atoms with Gasteiger partial charge in [0.2, 0.25) is 0 Å². The van der Waals surface area contributed by atoms with Crippen LogP contribution in [0.2, 0.25) is 0 Å². The van der Waals surface area contributed by atoms with Crippen LogP contribution in [0.5, 0.6) is 0 Å². The van der Waals surface area contributed by atoms with E-state index in [0.29, 0.717) is 6.04 Å². The first-order chi connectivity index (χ1) is 12.4. The summed E-state index contributed by atoms with van der Waals surface area (Å²) >= 11 is 0. The Kier molecular flexibility index (Phi) is 3.26. The molecule has 0 bridgehead atoms. The molecule has 0 aliphatic carbocycles. The minimum atomic E-state index is 0.332. The third-order valence-electron chi connectivity index (χ3n) is 4.74. The number of nitrogens with zero attached hydrogens (tertiary/aromatic N) is 5. The fourth-order valence-electron chi connectivity index (χ4n) is 3.48. The van der Waals surface area contributed by atoms with E-state index in [1.165, 1.54) is 5.56 Å². The van der Waals surface area contributed by atoms with Crippen molar-refractivity contribution in [2.45, 2.75) is 25.4 Å². The van der Waals surface area contributed by atoms with Crippen molar-refractivity contribution in [1.29, 1.82) is 0 Å². The van der Waals surface area contributed by atoms with Crippen molar-refractivity contribution in [3.05, 3.63) is 67.0 Å². The van der Waals surface area contributed by atoms with Crippen molar-refractivity contribution in [3.63, 3.8) is 0 Å². The van der Waals surface area contributed by atoms with E-state index in [1.807, 2.05) is 28.9 Å². The molecule has 3 aromatic heterocycles. The van der Waals surface area contributed by atoms with Crippen LogP contribution in [-0.4, -0.2) is 30.2 Å². The van der Waals surface area contributed by atoms with Gasteiger partial charge in [0.1, 0.15) is 17.7 Å². The quantitative estimate of drug-likeness (QED) is 0.627. The van der Waals surface area contributed by atoms with Crippen LogP contribution in [0.25, 0.3) is 16.8 Å². The van der Waals surface area contributed by atoms with E-state index in [1.54, 1.807) is 6.33 Å². The Labute approximate surface area is 145 Å². The average Bonchev–Trinajstić information content (AvgIpc) is 3.29. The zero-order valence-corrected chi connectivity index (χ0v) is 13.7. The van der Waals surface area contributed by atoms with Gasteiger partial charge in [0, 0.05) is 37.0 Å². The van der Waals surface area contributed by atoms with Crippen molar-refractivity contribution >= 4 is 11.3 Å². The lowest BCUT2D eigenvalue weighted by atomic mass is 10.1. The van der Waals surface area contributed by atoms with Crippen molar-refractivity contribution in [2.24, 2.45) is 0 Å². The van der Waals surface area contributed by atoms with Gasteiger partial charge in [-0.15, -0.1) is 0 Å². The normalized spacial score (nSPS) is 16.7. The number of nitrogens with one attached hydrogen (secondary N) is 1. The topological polar surface area (TPSA) is 60.0 Å². The molecule has 1 aliphatic heterocycles. The van der Waals surface area contributed by atoms with Crippen molar-refractivity contribution in [2.75, 3.05) is 5.32 Å². The Bertz CT molecular complexity index is 1020. The number of aryl methyl sites for hydroxylation is 1. The summed E-state index contributed by atoms with van der Waals surface area (Å²) in [5, 5.41) is 7.80. The molecule has 1 unspecified atom stereocenters. The molecule has 0 saturated heterocycles. The fourth-order valence-corrected chi connectivity index (χ4v) is 3.48. The van der Waals surface area contributed by atoms with E-state index < -0.39 is 0 Å². The lowest BCUT2D eigenvalue weighted by Crippen LogP contribution is -2.31.